The number of hydrogen-bond donors (Lipinski definition) is 0. The Morgan fingerprint density at radius 1 is 1.15 bits per heavy atom. The van der Waals surface area contributed by atoms with Crippen molar-refractivity contribution in [1.29, 1.82) is 0 Å². The molecule has 1 aliphatic rings. The average molecular weight is 477 g/mol. The summed E-state index contributed by atoms with van der Waals surface area (Å²) in [6.45, 7) is 2.03. The van der Waals surface area contributed by atoms with Crippen LogP contribution in [0.4, 0.5) is 0 Å². The van der Waals surface area contributed by atoms with Crippen LogP contribution < -0.4 is 15.0 Å². The summed E-state index contributed by atoms with van der Waals surface area (Å²) in [6, 6.07) is 15.9. The van der Waals surface area contributed by atoms with Crippen LogP contribution in [0.25, 0.3) is 20.5 Å². The van der Waals surface area contributed by atoms with E-state index in [-0.39, 0.29) is 5.56 Å². The summed E-state index contributed by atoms with van der Waals surface area (Å²) in [5.41, 5.74) is 1.68. The first kappa shape index (κ1) is 22.6. The molecule has 8 heteroatoms. The van der Waals surface area contributed by atoms with E-state index in [1.165, 1.54) is 28.9 Å². The molecule has 0 bridgehead atoms. The smallest absolute Gasteiger partial charge is 0.285 e. The van der Waals surface area contributed by atoms with E-state index in [9.17, 15) is 4.79 Å². The SMILES string of the molecule is COc1ccc(-c2cc3cnn(Cc4cccc(OCC5CCCCN5C)n4)c(=O)c3s2)cc1. The Bertz CT molecular complexity index is 1330. The van der Waals surface area contributed by atoms with E-state index in [2.05, 4.69) is 22.0 Å². The first-order valence-electron chi connectivity index (χ1n) is 11.5. The van der Waals surface area contributed by atoms with Crippen molar-refractivity contribution in [2.75, 3.05) is 27.3 Å². The minimum Gasteiger partial charge on any atom is -0.497 e. The lowest BCUT2D eigenvalue weighted by Crippen LogP contribution is -2.40. The number of likely N-dealkylation sites (N-methyl/N-ethyl adjacent to an activating group) is 1. The molecule has 4 heterocycles. The first-order valence-corrected chi connectivity index (χ1v) is 12.4. The van der Waals surface area contributed by atoms with Crippen LogP contribution in [0.5, 0.6) is 11.6 Å². The van der Waals surface area contributed by atoms with Crippen LogP contribution in [0.2, 0.25) is 0 Å². The van der Waals surface area contributed by atoms with Gasteiger partial charge in [0, 0.05) is 22.4 Å². The molecule has 4 aromatic rings. The summed E-state index contributed by atoms with van der Waals surface area (Å²) in [4.78, 5) is 21.2. The fourth-order valence-electron chi connectivity index (χ4n) is 4.30. The zero-order chi connectivity index (χ0) is 23.5. The van der Waals surface area contributed by atoms with Gasteiger partial charge in [-0.25, -0.2) is 9.67 Å². The molecule has 1 atom stereocenters. The van der Waals surface area contributed by atoms with Crippen molar-refractivity contribution in [2.45, 2.75) is 31.8 Å². The number of pyridine rings is 1. The van der Waals surface area contributed by atoms with Crippen LogP contribution in [-0.4, -0.2) is 53.0 Å². The molecule has 0 aliphatic carbocycles. The summed E-state index contributed by atoms with van der Waals surface area (Å²) in [5.74, 6) is 1.39. The number of aromatic nitrogens is 3. The Labute approximate surface area is 202 Å². The van der Waals surface area contributed by atoms with Crippen LogP contribution >= 0.6 is 11.3 Å². The summed E-state index contributed by atoms with van der Waals surface area (Å²) in [6.07, 6.45) is 5.39. The standard InChI is InChI=1S/C26H28N4O3S/c1-29-13-4-3-7-21(29)17-33-24-8-5-6-20(28-24)16-30-26(31)25-19(15-27-30)14-23(34-25)18-9-11-22(32-2)12-10-18/h5-6,8-12,14-15,21H,3-4,7,13,16-17H2,1-2H3. The van der Waals surface area contributed by atoms with Gasteiger partial charge in [-0.3, -0.25) is 4.79 Å². The van der Waals surface area contributed by atoms with Gasteiger partial charge in [-0.15, -0.1) is 11.3 Å². The molecule has 0 saturated carbocycles. The Morgan fingerprint density at radius 3 is 2.79 bits per heavy atom. The van der Waals surface area contributed by atoms with E-state index in [0.29, 0.717) is 29.8 Å². The van der Waals surface area contributed by atoms with Gasteiger partial charge in [0.2, 0.25) is 5.88 Å². The maximum atomic E-state index is 13.2. The molecule has 5 rings (SSSR count). The molecule has 0 spiro atoms. The molecule has 0 amide bonds. The molecule has 1 saturated heterocycles. The minimum atomic E-state index is -0.112. The zero-order valence-corrected chi connectivity index (χ0v) is 20.3. The van der Waals surface area contributed by atoms with Gasteiger partial charge in [-0.2, -0.15) is 5.10 Å². The quantitative estimate of drug-likeness (QED) is 0.393. The lowest BCUT2D eigenvalue weighted by molar-refractivity contribution is 0.122. The van der Waals surface area contributed by atoms with Crippen molar-refractivity contribution in [3.05, 3.63) is 70.8 Å². The van der Waals surface area contributed by atoms with Gasteiger partial charge in [0.15, 0.2) is 0 Å². The highest BCUT2D eigenvalue weighted by molar-refractivity contribution is 7.22. The molecule has 176 valence electrons. The predicted octanol–water partition coefficient (Wildman–Crippen LogP) is 4.44. The van der Waals surface area contributed by atoms with Crippen LogP contribution in [0.15, 0.2) is 59.5 Å². The Morgan fingerprint density at radius 2 is 2.00 bits per heavy atom. The van der Waals surface area contributed by atoms with Crippen molar-refractivity contribution >= 4 is 21.4 Å². The molecule has 1 fully saturated rings. The lowest BCUT2D eigenvalue weighted by atomic mass is 10.0. The second-order valence-electron chi connectivity index (χ2n) is 8.64. The van der Waals surface area contributed by atoms with Crippen LogP contribution in [-0.2, 0) is 6.54 Å². The summed E-state index contributed by atoms with van der Waals surface area (Å²) in [7, 11) is 3.80. The maximum absolute atomic E-state index is 13.2. The maximum Gasteiger partial charge on any atom is 0.285 e. The van der Waals surface area contributed by atoms with Crippen molar-refractivity contribution in [3.63, 3.8) is 0 Å². The molecular weight excluding hydrogens is 448 g/mol. The lowest BCUT2D eigenvalue weighted by Gasteiger charge is -2.31. The molecule has 34 heavy (non-hydrogen) atoms. The van der Waals surface area contributed by atoms with E-state index < -0.39 is 0 Å². The number of piperidine rings is 1. The molecule has 1 aliphatic heterocycles. The third kappa shape index (κ3) is 4.83. The molecule has 1 unspecified atom stereocenters. The average Bonchev–Trinajstić information content (AvgIpc) is 3.31. The first-order chi connectivity index (χ1) is 16.6. The second-order valence-corrected chi connectivity index (χ2v) is 9.69. The number of fused-ring (bicyclic) bond motifs is 1. The number of methoxy groups -OCH3 is 1. The van der Waals surface area contributed by atoms with E-state index in [4.69, 9.17) is 9.47 Å². The highest BCUT2D eigenvalue weighted by Gasteiger charge is 2.19. The topological polar surface area (TPSA) is 69.5 Å². The molecule has 0 N–H and O–H groups in total. The van der Waals surface area contributed by atoms with Crippen molar-refractivity contribution in [1.82, 2.24) is 19.7 Å². The zero-order valence-electron chi connectivity index (χ0n) is 19.4. The third-order valence-electron chi connectivity index (χ3n) is 6.34. The number of ether oxygens (including phenoxy) is 2. The van der Waals surface area contributed by atoms with E-state index >= 15 is 0 Å². The largest absolute Gasteiger partial charge is 0.497 e. The minimum absolute atomic E-state index is 0.112. The number of rotatable bonds is 7. The number of likely N-dealkylation sites (tertiary alicyclic amines) is 1. The van der Waals surface area contributed by atoms with Gasteiger partial charge < -0.3 is 14.4 Å². The molecule has 7 nitrogen and oxygen atoms in total. The van der Waals surface area contributed by atoms with Gasteiger partial charge in [-0.05, 0) is 68.4 Å². The number of nitrogens with zero attached hydrogens (tertiary/aromatic N) is 4. The summed E-state index contributed by atoms with van der Waals surface area (Å²) >= 11 is 1.48. The number of hydrogen-bond acceptors (Lipinski definition) is 7. The number of thiophene rings is 1. The summed E-state index contributed by atoms with van der Waals surface area (Å²) in [5, 5.41) is 5.24. The highest BCUT2D eigenvalue weighted by Crippen LogP contribution is 2.32. The molecule has 3 aromatic heterocycles. The Balaban J connectivity index is 1.33. The van der Waals surface area contributed by atoms with Gasteiger partial charge in [0.05, 0.1) is 25.5 Å². The predicted molar refractivity (Wildman–Crippen MR) is 135 cm³/mol. The normalized spacial score (nSPS) is 16.6. The van der Waals surface area contributed by atoms with E-state index in [0.717, 1.165) is 40.2 Å². The highest BCUT2D eigenvalue weighted by atomic mass is 32.1. The van der Waals surface area contributed by atoms with E-state index in [1.54, 1.807) is 13.3 Å². The summed E-state index contributed by atoms with van der Waals surface area (Å²) < 4.78 is 13.4. The van der Waals surface area contributed by atoms with E-state index in [1.807, 2.05) is 48.5 Å². The van der Waals surface area contributed by atoms with Crippen molar-refractivity contribution in [2.24, 2.45) is 0 Å². The van der Waals surface area contributed by atoms with Crippen molar-refractivity contribution < 1.29 is 9.47 Å². The van der Waals surface area contributed by atoms with Gasteiger partial charge in [0.25, 0.3) is 5.56 Å². The molecule has 1 aromatic carbocycles. The third-order valence-corrected chi connectivity index (χ3v) is 7.53. The van der Waals surface area contributed by atoms with Crippen LogP contribution in [0.3, 0.4) is 0 Å². The van der Waals surface area contributed by atoms with Gasteiger partial charge in [-0.1, -0.05) is 12.5 Å². The monoisotopic (exact) mass is 476 g/mol. The van der Waals surface area contributed by atoms with Gasteiger partial charge in [0.1, 0.15) is 17.1 Å². The van der Waals surface area contributed by atoms with Crippen molar-refractivity contribution in [3.8, 4) is 22.1 Å². The molecular formula is C26H28N4O3S. The fourth-order valence-corrected chi connectivity index (χ4v) is 5.38. The van der Waals surface area contributed by atoms with Crippen LogP contribution in [0, 0.1) is 0 Å². The fraction of sp³-hybridized carbons (Fsp3) is 0.346. The Kier molecular flexibility index (Phi) is 6.60. The number of benzene rings is 1. The molecule has 0 radical (unpaired) electrons. The second kappa shape index (κ2) is 9.95. The van der Waals surface area contributed by atoms with Crippen LogP contribution in [0.1, 0.15) is 25.0 Å². The Hall–Kier alpha value is -3.23. The van der Waals surface area contributed by atoms with Gasteiger partial charge >= 0.3 is 0 Å².